The lowest BCUT2D eigenvalue weighted by molar-refractivity contribution is 0.0170. The van der Waals surface area contributed by atoms with E-state index in [1.165, 1.54) is 11.3 Å². The quantitative estimate of drug-likeness (QED) is 0.672. The van der Waals surface area contributed by atoms with Crippen LogP contribution in [0.4, 0.5) is 4.79 Å². The zero-order chi connectivity index (χ0) is 21.9. The Morgan fingerprint density at radius 1 is 1.29 bits per heavy atom. The normalized spacial score (nSPS) is 12.1. The van der Waals surface area contributed by atoms with Gasteiger partial charge in [0.15, 0.2) is 5.69 Å². The van der Waals surface area contributed by atoms with Crippen LogP contribution in [0.1, 0.15) is 70.4 Å². The summed E-state index contributed by atoms with van der Waals surface area (Å²) < 4.78 is 10.4. The third-order valence-corrected chi connectivity index (χ3v) is 4.55. The highest BCUT2D eigenvalue weighted by atomic mass is 32.1. The number of aryl methyl sites for hydroxylation is 1. The Labute approximate surface area is 173 Å². The van der Waals surface area contributed by atoms with E-state index >= 15 is 0 Å². The Kier molecular flexibility index (Phi) is 12.0. The summed E-state index contributed by atoms with van der Waals surface area (Å²) in [5.41, 5.74) is -0.167. The molecule has 1 rings (SSSR count). The van der Waals surface area contributed by atoms with Gasteiger partial charge in [-0.25, -0.2) is 14.6 Å². The Balaban J connectivity index is 0.00000227. The number of hydrogen-bond donors (Lipinski definition) is 1. The van der Waals surface area contributed by atoms with Gasteiger partial charge in [0.05, 0.1) is 11.6 Å². The molecule has 28 heavy (non-hydrogen) atoms. The van der Waals surface area contributed by atoms with E-state index < -0.39 is 11.6 Å². The van der Waals surface area contributed by atoms with E-state index in [2.05, 4.69) is 18.8 Å². The molecule has 0 fully saturated rings. The lowest BCUT2D eigenvalue weighted by Gasteiger charge is -2.33. The summed E-state index contributed by atoms with van der Waals surface area (Å²) in [5.74, 6) is -0.113. The van der Waals surface area contributed by atoms with Crippen LogP contribution in [0.15, 0.2) is 5.38 Å². The molecule has 0 radical (unpaired) electrons. The molecule has 0 spiro atoms. The van der Waals surface area contributed by atoms with Crippen molar-refractivity contribution in [1.82, 2.24) is 9.88 Å². The number of aliphatic hydroxyl groups is 1. The fraction of sp³-hybridized carbons (Fsp3) is 0.750. The predicted molar refractivity (Wildman–Crippen MR) is 112 cm³/mol. The maximum atomic E-state index is 12.3. The number of thiazole rings is 1. The van der Waals surface area contributed by atoms with Gasteiger partial charge in [-0.2, -0.15) is 0 Å². The first-order chi connectivity index (χ1) is 13.0. The molecule has 0 aliphatic rings. The second-order valence-electron chi connectivity index (χ2n) is 7.60. The largest absolute Gasteiger partial charge is 0.461 e. The minimum atomic E-state index is -0.517. The van der Waals surface area contributed by atoms with Gasteiger partial charge in [-0.1, -0.05) is 13.8 Å². The molecule has 0 aliphatic heterocycles. The number of amides is 1. The maximum absolute atomic E-state index is 12.3. The van der Waals surface area contributed by atoms with Gasteiger partial charge in [-0.05, 0) is 47.0 Å². The highest BCUT2D eigenvalue weighted by molar-refractivity contribution is 7.09. The van der Waals surface area contributed by atoms with Gasteiger partial charge in [0.25, 0.3) is 0 Å². The molecule has 0 aliphatic carbocycles. The van der Waals surface area contributed by atoms with Gasteiger partial charge in [0.1, 0.15) is 5.60 Å². The molecule has 0 bridgehead atoms. The van der Waals surface area contributed by atoms with E-state index in [1.54, 1.807) is 31.2 Å². The van der Waals surface area contributed by atoms with E-state index in [0.717, 1.165) is 11.4 Å². The van der Waals surface area contributed by atoms with Crippen molar-refractivity contribution in [2.45, 2.75) is 73.0 Å². The average Bonchev–Trinajstić information content (AvgIpc) is 3.03. The van der Waals surface area contributed by atoms with Gasteiger partial charge >= 0.3 is 12.1 Å². The number of nitrogens with zero attached hydrogens (tertiary/aromatic N) is 2. The highest BCUT2D eigenvalue weighted by Crippen LogP contribution is 2.21. The summed E-state index contributed by atoms with van der Waals surface area (Å²) in [6.07, 6.45) is 1.13. The monoisotopic (exact) mass is 416 g/mol. The summed E-state index contributed by atoms with van der Waals surface area (Å²) in [4.78, 5) is 30.0. The number of carbonyl (C=O) groups is 2. The minimum Gasteiger partial charge on any atom is -0.461 e. The summed E-state index contributed by atoms with van der Waals surface area (Å²) >= 11 is 1.44. The summed E-state index contributed by atoms with van der Waals surface area (Å²) in [6, 6.07) is 0.0322. The molecule has 0 aromatic carbocycles. The minimum absolute atomic E-state index is 0.0322. The average molecular weight is 417 g/mol. The zero-order valence-electron chi connectivity index (χ0n) is 18.4. The molecule has 7 nitrogen and oxygen atoms in total. The standard InChI is InChI=1S/C18H30N2O4S.C2H6O/c1-8-23-16(21)13-11-25-15(19-13)10-9-14(12(2)3)20(7)17(22)24-18(4,5)6;1-2-3/h11-12,14H,8-10H2,1-7H3;3H,2H2,1H3. The molecule has 0 saturated carbocycles. The van der Waals surface area contributed by atoms with Crippen LogP contribution in [-0.4, -0.2) is 59.0 Å². The van der Waals surface area contributed by atoms with Gasteiger partial charge < -0.3 is 19.5 Å². The summed E-state index contributed by atoms with van der Waals surface area (Å²) in [6.45, 7) is 13.8. The maximum Gasteiger partial charge on any atom is 0.410 e. The lowest BCUT2D eigenvalue weighted by atomic mass is 9.98. The molecule has 1 amide bonds. The third kappa shape index (κ3) is 10.0. The highest BCUT2D eigenvalue weighted by Gasteiger charge is 2.27. The van der Waals surface area contributed by atoms with Crippen LogP contribution in [-0.2, 0) is 15.9 Å². The number of aliphatic hydroxyl groups excluding tert-OH is 1. The SMILES string of the molecule is CCO.CCOC(=O)c1csc(CCC(C(C)C)N(C)C(=O)OC(C)(C)C)n1. The second kappa shape index (κ2) is 12.7. The van der Waals surface area contributed by atoms with Gasteiger partial charge in [0.2, 0.25) is 0 Å². The molecule has 1 unspecified atom stereocenters. The summed E-state index contributed by atoms with van der Waals surface area (Å²) in [5, 5.41) is 10.2. The fourth-order valence-corrected chi connectivity index (χ4v) is 3.22. The first-order valence-electron chi connectivity index (χ1n) is 9.64. The van der Waals surface area contributed by atoms with Crippen molar-refractivity contribution in [3.05, 3.63) is 16.1 Å². The van der Waals surface area contributed by atoms with Crippen LogP contribution in [0.3, 0.4) is 0 Å². The van der Waals surface area contributed by atoms with E-state index in [0.29, 0.717) is 18.7 Å². The van der Waals surface area contributed by atoms with Crippen LogP contribution in [0, 0.1) is 5.92 Å². The van der Waals surface area contributed by atoms with Crippen molar-refractivity contribution in [3.8, 4) is 0 Å². The molecule has 1 heterocycles. The first-order valence-corrected chi connectivity index (χ1v) is 10.5. The lowest BCUT2D eigenvalue weighted by Crippen LogP contribution is -2.43. The predicted octanol–water partition coefficient (Wildman–Crippen LogP) is 4.14. The zero-order valence-corrected chi connectivity index (χ0v) is 19.3. The molecular formula is C20H36N2O5S. The molecule has 1 atom stereocenters. The number of ether oxygens (including phenoxy) is 2. The fourth-order valence-electron chi connectivity index (χ4n) is 2.44. The van der Waals surface area contributed by atoms with Crippen LogP contribution in [0.5, 0.6) is 0 Å². The van der Waals surface area contributed by atoms with E-state index in [4.69, 9.17) is 14.6 Å². The summed E-state index contributed by atoms with van der Waals surface area (Å²) in [7, 11) is 1.77. The molecule has 1 N–H and O–H groups in total. The number of esters is 1. The second-order valence-corrected chi connectivity index (χ2v) is 8.55. The Hall–Kier alpha value is -1.67. The van der Waals surface area contributed by atoms with Gasteiger partial charge in [-0.3, -0.25) is 0 Å². The number of rotatable bonds is 7. The topological polar surface area (TPSA) is 89.0 Å². The van der Waals surface area contributed by atoms with Gasteiger partial charge in [0, 0.05) is 31.5 Å². The molecule has 1 aromatic heterocycles. The van der Waals surface area contributed by atoms with Crippen molar-refractivity contribution in [3.63, 3.8) is 0 Å². The van der Waals surface area contributed by atoms with Crippen molar-refractivity contribution >= 4 is 23.4 Å². The van der Waals surface area contributed by atoms with E-state index in [1.807, 2.05) is 20.8 Å². The van der Waals surface area contributed by atoms with Crippen LogP contribution in [0.2, 0.25) is 0 Å². The molecule has 162 valence electrons. The molecule has 8 heteroatoms. The van der Waals surface area contributed by atoms with E-state index in [9.17, 15) is 9.59 Å². The van der Waals surface area contributed by atoms with E-state index in [-0.39, 0.29) is 24.7 Å². The van der Waals surface area contributed by atoms with Crippen LogP contribution in [0.25, 0.3) is 0 Å². The first kappa shape index (κ1) is 26.3. The third-order valence-electron chi connectivity index (χ3n) is 3.64. The number of carbonyl (C=O) groups excluding carboxylic acids is 2. The Morgan fingerprint density at radius 3 is 2.32 bits per heavy atom. The Morgan fingerprint density at radius 2 is 1.86 bits per heavy atom. The van der Waals surface area contributed by atoms with Crippen LogP contribution < -0.4 is 0 Å². The molecular weight excluding hydrogens is 380 g/mol. The Bertz CT molecular complexity index is 596. The molecule has 0 saturated heterocycles. The van der Waals surface area contributed by atoms with Crippen LogP contribution >= 0.6 is 11.3 Å². The number of aromatic nitrogens is 1. The van der Waals surface area contributed by atoms with Crippen molar-refractivity contribution in [2.75, 3.05) is 20.3 Å². The smallest absolute Gasteiger partial charge is 0.410 e. The van der Waals surface area contributed by atoms with Gasteiger partial charge in [-0.15, -0.1) is 11.3 Å². The number of hydrogen-bond acceptors (Lipinski definition) is 7. The van der Waals surface area contributed by atoms with Crippen molar-refractivity contribution in [2.24, 2.45) is 5.92 Å². The molecule has 1 aromatic rings. The van der Waals surface area contributed by atoms with Crippen molar-refractivity contribution < 1.29 is 24.2 Å². The van der Waals surface area contributed by atoms with Crippen molar-refractivity contribution in [1.29, 1.82) is 0 Å².